The number of pyridine rings is 1. The van der Waals surface area contributed by atoms with E-state index in [9.17, 15) is 13.2 Å². The number of carbonyl (C=O) groups is 1. The minimum absolute atomic E-state index is 0.0207. The van der Waals surface area contributed by atoms with Gasteiger partial charge in [-0.25, -0.2) is 18.1 Å². The molecule has 0 spiro atoms. The fourth-order valence-electron chi connectivity index (χ4n) is 4.16. The highest BCUT2D eigenvalue weighted by Gasteiger charge is 2.32. The Morgan fingerprint density at radius 2 is 2.09 bits per heavy atom. The topological polar surface area (TPSA) is 112 Å². The van der Waals surface area contributed by atoms with Crippen LogP contribution >= 0.6 is 0 Å². The number of amides is 1. The number of methoxy groups -OCH3 is 2. The molecular formula is C23H28N4O5S. The van der Waals surface area contributed by atoms with Gasteiger partial charge in [0, 0.05) is 25.8 Å². The summed E-state index contributed by atoms with van der Waals surface area (Å²) >= 11 is 0. The maximum atomic E-state index is 13.2. The number of hydrogen-bond donors (Lipinski definition) is 1. The van der Waals surface area contributed by atoms with Gasteiger partial charge < -0.3 is 14.8 Å². The maximum absolute atomic E-state index is 13.2. The Kier molecular flexibility index (Phi) is 6.66. The lowest BCUT2D eigenvalue weighted by molar-refractivity contribution is 0.0950. The van der Waals surface area contributed by atoms with E-state index in [1.807, 2.05) is 31.2 Å². The quantitative estimate of drug-likeness (QED) is 0.501. The number of benzene rings is 1. The summed E-state index contributed by atoms with van der Waals surface area (Å²) in [5, 5.41) is 8.20. The monoisotopic (exact) mass is 472 g/mol. The third-order valence-corrected chi connectivity index (χ3v) is 7.56. The average molecular weight is 473 g/mol. The first-order valence-electron chi connectivity index (χ1n) is 10.8. The highest BCUT2D eigenvalue weighted by molar-refractivity contribution is 7.91. The minimum Gasteiger partial charge on any atom is -0.497 e. The Labute approximate surface area is 193 Å². The van der Waals surface area contributed by atoms with Crippen LogP contribution < -0.4 is 10.1 Å². The molecule has 1 fully saturated rings. The average Bonchev–Trinajstić information content (AvgIpc) is 3.34. The number of hydrogen-bond acceptors (Lipinski definition) is 7. The molecule has 1 aromatic carbocycles. The van der Waals surface area contributed by atoms with Gasteiger partial charge in [0.25, 0.3) is 5.91 Å². The lowest BCUT2D eigenvalue weighted by Gasteiger charge is -2.13. The van der Waals surface area contributed by atoms with Crippen LogP contribution in [0.15, 0.2) is 30.3 Å². The predicted molar refractivity (Wildman–Crippen MR) is 125 cm³/mol. The first-order chi connectivity index (χ1) is 15.8. The summed E-state index contributed by atoms with van der Waals surface area (Å²) in [6.45, 7) is 2.84. The largest absolute Gasteiger partial charge is 0.497 e. The van der Waals surface area contributed by atoms with E-state index in [4.69, 9.17) is 14.5 Å². The molecule has 4 rings (SSSR count). The maximum Gasteiger partial charge on any atom is 0.252 e. The molecule has 1 atom stereocenters. The van der Waals surface area contributed by atoms with Crippen molar-refractivity contribution in [3.05, 3.63) is 41.6 Å². The van der Waals surface area contributed by atoms with Crippen molar-refractivity contribution in [3.63, 3.8) is 0 Å². The highest BCUT2D eigenvalue weighted by atomic mass is 32.2. The van der Waals surface area contributed by atoms with Crippen molar-refractivity contribution in [1.29, 1.82) is 0 Å². The Morgan fingerprint density at radius 3 is 2.79 bits per heavy atom. The zero-order chi connectivity index (χ0) is 23.6. The smallest absolute Gasteiger partial charge is 0.252 e. The van der Waals surface area contributed by atoms with Crippen molar-refractivity contribution >= 4 is 26.8 Å². The van der Waals surface area contributed by atoms with E-state index in [1.54, 1.807) is 25.0 Å². The SMILES string of the molecule is COCCCNC(=O)c1cc(-c2cccc(OC)c2)nc2c1c(C)nn2C1CCS(=O)(=O)C1. The fourth-order valence-corrected chi connectivity index (χ4v) is 5.85. The van der Waals surface area contributed by atoms with Gasteiger partial charge in [0.1, 0.15) is 5.75 Å². The molecule has 9 nitrogen and oxygen atoms in total. The summed E-state index contributed by atoms with van der Waals surface area (Å²) < 4.78 is 36.3. The zero-order valence-electron chi connectivity index (χ0n) is 19.0. The summed E-state index contributed by atoms with van der Waals surface area (Å²) in [4.78, 5) is 18.0. The van der Waals surface area contributed by atoms with Crippen LogP contribution in [0.4, 0.5) is 0 Å². The van der Waals surface area contributed by atoms with Crippen LogP contribution in [0.3, 0.4) is 0 Å². The van der Waals surface area contributed by atoms with Crippen molar-refractivity contribution in [1.82, 2.24) is 20.1 Å². The van der Waals surface area contributed by atoms with Gasteiger partial charge in [-0.15, -0.1) is 0 Å². The van der Waals surface area contributed by atoms with Gasteiger partial charge in [0.05, 0.1) is 47.0 Å². The van der Waals surface area contributed by atoms with Gasteiger partial charge in [0.15, 0.2) is 15.5 Å². The van der Waals surface area contributed by atoms with E-state index < -0.39 is 9.84 Å². The van der Waals surface area contributed by atoms with Crippen LogP contribution in [0.5, 0.6) is 5.75 Å². The number of sulfone groups is 1. The van der Waals surface area contributed by atoms with Gasteiger partial charge in [-0.2, -0.15) is 5.10 Å². The van der Waals surface area contributed by atoms with E-state index in [1.165, 1.54) is 0 Å². The first kappa shape index (κ1) is 23.2. The van der Waals surface area contributed by atoms with Crippen LogP contribution in [0.25, 0.3) is 22.3 Å². The number of nitrogens with zero attached hydrogens (tertiary/aromatic N) is 3. The second-order valence-corrected chi connectivity index (χ2v) is 10.4. The highest BCUT2D eigenvalue weighted by Crippen LogP contribution is 2.32. The molecule has 0 bridgehead atoms. The second kappa shape index (κ2) is 9.48. The third kappa shape index (κ3) is 4.86. The standard InChI is InChI=1S/C23H28N4O5S/c1-15-21-19(23(28)24-9-5-10-31-2)13-20(16-6-4-7-18(12-16)32-3)25-22(21)27(26-15)17-8-11-33(29,30)14-17/h4,6-7,12-13,17H,5,8-11,14H2,1-3H3,(H,24,28). The molecule has 33 heavy (non-hydrogen) atoms. The zero-order valence-corrected chi connectivity index (χ0v) is 19.8. The number of fused-ring (bicyclic) bond motifs is 1. The molecule has 1 amide bonds. The molecule has 3 heterocycles. The van der Waals surface area contributed by atoms with Crippen LogP contribution in [-0.2, 0) is 14.6 Å². The van der Waals surface area contributed by atoms with Gasteiger partial charge in [-0.1, -0.05) is 12.1 Å². The molecule has 0 saturated carbocycles. The van der Waals surface area contributed by atoms with E-state index in [2.05, 4.69) is 10.4 Å². The van der Waals surface area contributed by atoms with Crippen molar-refractivity contribution < 1.29 is 22.7 Å². The van der Waals surface area contributed by atoms with Crippen LogP contribution in [-0.4, -0.2) is 68.0 Å². The number of nitrogens with one attached hydrogen (secondary N) is 1. The second-order valence-electron chi connectivity index (χ2n) is 8.17. The minimum atomic E-state index is -3.11. The molecule has 0 radical (unpaired) electrons. The van der Waals surface area contributed by atoms with Crippen molar-refractivity contribution in [2.24, 2.45) is 0 Å². The summed E-state index contributed by atoms with van der Waals surface area (Å²) in [7, 11) is 0.0970. The summed E-state index contributed by atoms with van der Waals surface area (Å²) in [5.74, 6) is 0.587. The molecule has 2 aromatic heterocycles. The molecule has 1 N–H and O–H groups in total. The van der Waals surface area contributed by atoms with Gasteiger partial charge in [0.2, 0.25) is 0 Å². The van der Waals surface area contributed by atoms with Crippen LogP contribution in [0.2, 0.25) is 0 Å². The van der Waals surface area contributed by atoms with E-state index in [0.29, 0.717) is 59.7 Å². The molecular weight excluding hydrogens is 444 g/mol. The summed E-state index contributed by atoms with van der Waals surface area (Å²) in [6, 6.07) is 8.89. The van der Waals surface area contributed by atoms with Gasteiger partial charge in [-0.05, 0) is 38.0 Å². The Bertz CT molecular complexity index is 1290. The molecule has 1 unspecified atom stereocenters. The van der Waals surface area contributed by atoms with Gasteiger partial charge in [-0.3, -0.25) is 4.79 Å². The number of rotatable bonds is 8. The number of carbonyl (C=O) groups excluding carboxylic acids is 1. The summed E-state index contributed by atoms with van der Waals surface area (Å²) in [5.41, 5.74) is 2.98. The first-order valence-corrected chi connectivity index (χ1v) is 12.7. The van der Waals surface area contributed by atoms with Crippen molar-refractivity contribution in [3.8, 4) is 17.0 Å². The normalized spacial score (nSPS) is 17.4. The lowest BCUT2D eigenvalue weighted by Crippen LogP contribution is -2.25. The number of aryl methyl sites for hydroxylation is 1. The molecule has 10 heteroatoms. The molecule has 1 saturated heterocycles. The van der Waals surface area contributed by atoms with Gasteiger partial charge >= 0.3 is 0 Å². The Balaban J connectivity index is 1.84. The molecule has 3 aromatic rings. The van der Waals surface area contributed by atoms with E-state index in [0.717, 1.165) is 5.56 Å². The molecule has 176 valence electrons. The Morgan fingerprint density at radius 1 is 1.27 bits per heavy atom. The summed E-state index contributed by atoms with van der Waals surface area (Å²) in [6.07, 6.45) is 1.17. The molecule has 1 aliphatic heterocycles. The van der Waals surface area contributed by atoms with E-state index in [-0.39, 0.29) is 23.5 Å². The van der Waals surface area contributed by atoms with Crippen LogP contribution in [0.1, 0.15) is 34.9 Å². The van der Waals surface area contributed by atoms with Crippen molar-refractivity contribution in [2.75, 3.05) is 38.9 Å². The number of aromatic nitrogens is 3. The fraction of sp³-hybridized carbons (Fsp3) is 0.435. The Hall–Kier alpha value is -2.98. The lowest BCUT2D eigenvalue weighted by atomic mass is 10.0. The van der Waals surface area contributed by atoms with Crippen molar-refractivity contribution in [2.45, 2.75) is 25.8 Å². The van der Waals surface area contributed by atoms with E-state index >= 15 is 0 Å². The molecule has 1 aliphatic rings. The number of ether oxygens (including phenoxy) is 2. The van der Waals surface area contributed by atoms with Crippen LogP contribution in [0, 0.1) is 6.92 Å². The predicted octanol–water partition coefficient (Wildman–Crippen LogP) is 2.54. The molecule has 0 aliphatic carbocycles. The third-order valence-electron chi connectivity index (χ3n) is 5.81.